The third-order valence-corrected chi connectivity index (χ3v) is 3.92. The van der Waals surface area contributed by atoms with Gasteiger partial charge in [-0.1, -0.05) is 32.1 Å². The van der Waals surface area contributed by atoms with Crippen molar-refractivity contribution in [3.63, 3.8) is 0 Å². The van der Waals surface area contributed by atoms with Gasteiger partial charge >= 0.3 is 5.82 Å². The van der Waals surface area contributed by atoms with Crippen molar-refractivity contribution in [2.24, 2.45) is 5.92 Å². The fourth-order valence-electron chi connectivity index (χ4n) is 2.16. The van der Waals surface area contributed by atoms with Crippen molar-refractivity contribution in [1.29, 1.82) is 0 Å². The quantitative estimate of drug-likeness (QED) is 0.652. The Hall–Kier alpha value is -1.47. The van der Waals surface area contributed by atoms with Crippen molar-refractivity contribution in [1.82, 2.24) is 14.7 Å². The lowest BCUT2D eigenvalue weighted by atomic mass is 9.99. The summed E-state index contributed by atoms with van der Waals surface area (Å²) >= 11 is 1.42. The summed E-state index contributed by atoms with van der Waals surface area (Å²) in [5.74, 6) is 0.499. The molecule has 0 aliphatic carbocycles. The average Bonchev–Trinajstić information content (AvgIpc) is 2.87. The molecule has 0 aliphatic heterocycles. The Bertz CT molecular complexity index is 575. The second-order valence-corrected chi connectivity index (χ2v) is 5.68. The molecule has 7 heteroatoms. The minimum absolute atomic E-state index is 0.0970. The molecule has 0 amide bonds. The lowest BCUT2D eigenvalue weighted by Crippen LogP contribution is -2.35. The molecule has 0 radical (unpaired) electrons. The van der Waals surface area contributed by atoms with E-state index in [0.717, 1.165) is 6.54 Å². The van der Waals surface area contributed by atoms with Crippen LogP contribution in [0.5, 0.6) is 0 Å². The van der Waals surface area contributed by atoms with E-state index in [0.29, 0.717) is 23.0 Å². The summed E-state index contributed by atoms with van der Waals surface area (Å²) in [5, 5.41) is 16.4. The minimum atomic E-state index is -0.342. The maximum absolute atomic E-state index is 11.2. The molecule has 0 fully saturated rings. The van der Waals surface area contributed by atoms with E-state index in [9.17, 15) is 10.1 Å². The molecular weight excluding hydrogens is 264 g/mol. The summed E-state index contributed by atoms with van der Waals surface area (Å²) in [6.07, 6.45) is 2.28. The van der Waals surface area contributed by atoms with Gasteiger partial charge in [0.25, 0.3) is 4.96 Å². The molecular formula is C12H18N4O2S. The number of nitro groups is 1. The largest absolute Gasteiger partial charge is 0.358 e. The first-order valence-corrected chi connectivity index (χ1v) is 7.24. The predicted octanol–water partition coefficient (Wildman–Crippen LogP) is 2.48. The van der Waals surface area contributed by atoms with Crippen LogP contribution in [0.3, 0.4) is 0 Å². The van der Waals surface area contributed by atoms with Crippen LogP contribution in [-0.4, -0.2) is 26.9 Å². The zero-order valence-corrected chi connectivity index (χ0v) is 12.1. The SMILES string of the molecule is CCNC(Cc1nc2sccn2c1[N+](=O)[O-])C(C)C. The molecule has 2 aromatic rings. The zero-order chi connectivity index (χ0) is 14.0. The van der Waals surface area contributed by atoms with Crippen molar-refractivity contribution in [3.8, 4) is 0 Å². The first-order chi connectivity index (χ1) is 9.04. The van der Waals surface area contributed by atoms with Crippen LogP contribution in [0.25, 0.3) is 4.96 Å². The van der Waals surface area contributed by atoms with Crippen molar-refractivity contribution in [2.45, 2.75) is 33.2 Å². The molecule has 0 saturated heterocycles. The molecule has 2 rings (SSSR count). The van der Waals surface area contributed by atoms with Crippen LogP contribution in [0.1, 0.15) is 26.5 Å². The molecule has 2 aromatic heterocycles. The van der Waals surface area contributed by atoms with Crippen LogP contribution >= 0.6 is 11.3 Å². The van der Waals surface area contributed by atoms with Gasteiger partial charge in [0.05, 0.1) is 0 Å². The molecule has 0 aliphatic rings. The number of hydrogen-bond donors (Lipinski definition) is 1. The summed E-state index contributed by atoms with van der Waals surface area (Å²) in [6, 6.07) is 0.202. The highest BCUT2D eigenvalue weighted by atomic mass is 32.1. The molecule has 6 nitrogen and oxygen atoms in total. The van der Waals surface area contributed by atoms with E-state index in [1.54, 1.807) is 10.6 Å². The summed E-state index contributed by atoms with van der Waals surface area (Å²) in [6.45, 7) is 7.10. The Morgan fingerprint density at radius 3 is 2.89 bits per heavy atom. The molecule has 1 unspecified atom stereocenters. The van der Waals surface area contributed by atoms with Gasteiger partial charge in [0.15, 0.2) is 0 Å². The van der Waals surface area contributed by atoms with Crippen molar-refractivity contribution >= 4 is 22.1 Å². The van der Waals surface area contributed by atoms with E-state index in [1.807, 2.05) is 12.3 Å². The Kier molecular flexibility index (Phi) is 4.16. The standard InChI is InChI=1S/C12H18N4O2S/c1-4-13-9(8(2)3)7-10-11(16(17)18)15-5-6-19-12(15)14-10/h5-6,8-9,13H,4,7H2,1-3H3. The van der Waals surface area contributed by atoms with E-state index >= 15 is 0 Å². The number of thiazole rings is 1. The van der Waals surface area contributed by atoms with Gasteiger partial charge in [-0.05, 0) is 17.4 Å². The maximum Gasteiger partial charge on any atom is 0.351 e. The molecule has 2 heterocycles. The van der Waals surface area contributed by atoms with Crippen molar-refractivity contribution < 1.29 is 4.92 Å². The number of nitrogens with one attached hydrogen (secondary N) is 1. The summed E-state index contributed by atoms with van der Waals surface area (Å²) < 4.78 is 1.56. The number of likely N-dealkylation sites (N-methyl/N-ethyl adjacent to an activating group) is 1. The van der Waals surface area contributed by atoms with Gasteiger partial charge in [-0.15, -0.1) is 0 Å². The molecule has 1 N–H and O–H groups in total. The summed E-state index contributed by atoms with van der Waals surface area (Å²) in [5.41, 5.74) is 0.566. The predicted molar refractivity (Wildman–Crippen MR) is 75.7 cm³/mol. The van der Waals surface area contributed by atoms with Gasteiger partial charge < -0.3 is 15.4 Å². The van der Waals surface area contributed by atoms with Crippen LogP contribution in [0.15, 0.2) is 11.6 Å². The summed E-state index contributed by atoms with van der Waals surface area (Å²) in [7, 11) is 0. The Labute approximate surface area is 115 Å². The van der Waals surface area contributed by atoms with E-state index in [2.05, 4.69) is 24.1 Å². The van der Waals surface area contributed by atoms with E-state index in [-0.39, 0.29) is 16.8 Å². The third-order valence-electron chi connectivity index (χ3n) is 3.16. The smallest absolute Gasteiger partial charge is 0.351 e. The molecule has 0 spiro atoms. The summed E-state index contributed by atoms with van der Waals surface area (Å²) in [4.78, 5) is 16.0. The van der Waals surface area contributed by atoms with Gasteiger partial charge in [-0.2, -0.15) is 9.38 Å². The van der Waals surface area contributed by atoms with Gasteiger partial charge in [0, 0.05) is 17.8 Å². The van der Waals surface area contributed by atoms with Crippen LogP contribution in [0, 0.1) is 16.0 Å². The van der Waals surface area contributed by atoms with Gasteiger partial charge in [-0.3, -0.25) is 0 Å². The minimum Gasteiger partial charge on any atom is -0.358 e. The third kappa shape index (κ3) is 2.76. The monoisotopic (exact) mass is 282 g/mol. The number of nitrogens with zero attached hydrogens (tertiary/aromatic N) is 3. The van der Waals surface area contributed by atoms with Gasteiger partial charge in [0.2, 0.25) is 0 Å². The first-order valence-electron chi connectivity index (χ1n) is 6.36. The van der Waals surface area contributed by atoms with E-state index in [4.69, 9.17) is 0 Å². The fraction of sp³-hybridized carbons (Fsp3) is 0.583. The highest BCUT2D eigenvalue weighted by Crippen LogP contribution is 2.25. The zero-order valence-electron chi connectivity index (χ0n) is 11.3. The van der Waals surface area contributed by atoms with Crippen LogP contribution < -0.4 is 5.32 Å². The molecule has 0 bridgehead atoms. The van der Waals surface area contributed by atoms with Crippen molar-refractivity contribution in [3.05, 3.63) is 27.4 Å². The Morgan fingerprint density at radius 1 is 1.58 bits per heavy atom. The molecule has 1 atom stereocenters. The number of rotatable bonds is 6. The number of hydrogen-bond acceptors (Lipinski definition) is 5. The van der Waals surface area contributed by atoms with Crippen molar-refractivity contribution in [2.75, 3.05) is 6.54 Å². The highest BCUT2D eigenvalue weighted by Gasteiger charge is 2.26. The average molecular weight is 282 g/mol. The lowest BCUT2D eigenvalue weighted by molar-refractivity contribution is -0.391. The number of imidazole rings is 1. The Morgan fingerprint density at radius 2 is 2.32 bits per heavy atom. The van der Waals surface area contributed by atoms with Gasteiger partial charge in [-0.25, -0.2) is 0 Å². The first kappa shape index (κ1) is 14.0. The molecule has 104 valence electrons. The normalized spacial score (nSPS) is 13.3. The van der Waals surface area contributed by atoms with Crippen LogP contribution in [-0.2, 0) is 6.42 Å². The fourth-order valence-corrected chi connectivity index (χ4v) is 2.89. The highest BCUT2D eigenvalue weighted by molar-refractivity contribution is 7.15. The number of fused-ring (bicyclic) bond motifs is 1. The molecule has 0 aromatic carbocycles. The van der Waals surface area contributed by atoms with Crippen LogP contribution in [0.4, 0.5) is 5.82 Å². The van der Waals surface area contributed by atoms with Crippen LogP contribution in [0.2, 0.25) is 0 Å². The Balaban J connectivity index is 2.35. The van der Waals surface area contributed by atoms with E-state index < -0.39 is 0 Å². The maximum atomic E-state index is 11.2. The molecule has 0 saturated carbocycles. The second kappa shape index (κ2) is 5.66. The number of aromatic nitrogens is 2. The van der Waals surface area contributed by atoms with E-state index in [1.165, 1.54) is 11.3 Å². The van der Waals surface area contributed by atoms with Gasteiger partial charge in [0.1, 0.15) is 11.9 Å². The lowest BCUT2D eigenvalue weighted by Gasteiger charge is -2.20. The second-order valence-electron chi connectivity index (χ2n) is 4.81. The topological polar surface area (TPSA) is 72.5 Å². The molecule has 19 heavy (non-hydrogen) atoms.